The zero-order valence-electron chi connectivity index (χ0n) is 15.5. The quantitative estimate of drug-likeness (QED) is 0.628. The number of ether oxygens (including phenoxy) is 3. The molecule has 0 spiro atoms. The second kappa shape index (κ2) is 9.18. The second-order valence-corrected chi connectivity index (χ2v) is 5.60. The molecule has 28 heavy (non-hydrogen) atoms. The molecule has 2 aromatic carbocycles. The molecule has 0 aliphatic rings. The highest BCUT2D eigenvalue weighted by molar-refractivity contribution is 6.02. The second-order valence-electron chi connectivity index (χ2n) is 5.60. The van der Waals surface area contributed by atoms with Crippen LogP contribution in [0.25, 0.3) is 6.08 Å². The summed E-state index contributed by atoms with van der Waals surface area (Å²) in [6, 6.07) is 12.4. The number of benzene rings is 2. The minimum absolute atomic E-state index is 0.283. The van der Waals surface area contributed by atoms with E-state index in [1.807, 2.05) is 6.07 Å². The molecule has 0 atom stereocenters. The number of anilines is 1. The van der Waals surface area contributed by atoms with Crippen molar-refractivity contribution in [1.82, 2.24) is 9.97 Å². The van der Waals surface area contributed by atoms with Crippen LogP contribution in [0, 0.1) is 0 Å². The van der Waals surface area contributed by atoms with Crippen LogP contribution < -0.4 is 19.5 Å². The van der Waals surface area contributed by atoms with E-state index < -0.39 is 0 Å². The third kappa shape index (κ3) is 5.07. The van der Waals surface area contributed by atoms with Crippen molar-refractivity contribution >= 4 is 17.7 Å². The van der Waals surface area contributed by atoms with E-state index in [1.165, 1.54) is 12.3 Å². The summed E-state index contributed by atoms with van der Waals surface area (Å²) in [5.74, 6) is 1.92. The van der Waals surface area contributed by atoms with Gasteiger partial charge in [0.2, 0.25) is 11.8 Å². The first-order valence-corrected chi connectivity index (χ1v) is 8.43. The van der Waals surface area contributed by atoms with Crippen molar-refractivity contribution in [2.24, 2.45) is 0 Å². The summed E-state index contributed by atoms with van der Waals surface area (Å²) >= 11 is 0. The molecule has 1 heterocycles. The standard InChI is InChI=1S/C21H19N3O4/c1-26-17-8-6-15(19(13-17)27-2)7-9-20(25)24-16-4-3-5-18(12-16)28-21-14-22-10-11-23-21/h3-14H,1-2H3,(H,24,25)/b9-7+. The molecule has 7 heteroatoms. The van der Waals surface area contributed by atoms with Crippen molar-refractivity contribution in [3.63, 3.8) is 0 Å². The fourth-order valence-corrected chi connectivity index (χ4v) is 2.40. The normalized spacial score (nSPS) is 10.5. The Bertz CT molecular complexity index is 974. The van der Waals surface area contributed by atoms with Gasteiger partial charge in [-0.05, 0) is 30.3 Å². The molecule has 142 valence electrons. The van der Waals surface area contributed by atoms with Gasteiger partial charge in [0, 0.05) is 41.9 Å². The number of amides is 1. The minimum atomic E-state index is -0.283. The van der Waals surface area contributed by atoms with Gasteiger partial charge in [0.25, 0.3) is 0 Å². The lowest BCUT2D eigenvalue weighted by Gasteiger charge is -2.08. The van der Waals surface area contributed by atoms with Crippen LogP contribution in [0.15, 0.2) is 67.1 Å². The SMILES string of the molecule is COc1ccc(/C=C/C(=O)Nc2cccc(Oc3cnccn3)c2)c(OC)c1. The Morgan fingerprint density at radius 3 is 2.68 bits per heavy atom. The van der Waals surface area contributed by atoms with Crippen molar-refractivity contribution in [2.45, 2.75) is 0 Å². The Morgan fingerprint density at radius 2 is 1.93 bits per heavy atom. The molecule has 0 saturated carbocycles. The maximum absolute atomic E-state index is 12.3. The smallest absolute Gasteiger partial charge is 0.248 e. The van der Waals surface area contributed by atoms with Gasteiger partial charge in [-0.1, -0.05) is 6.07 Å². The number of rotatable bonds is 7. The monoisotopic (exact) mass is 377 g/mol. The number of aromatic nitrogens is 2. The van der Waals surface area contributed by atoms with Gasteiger partial charge in [-0.3, -0.25) is 9.78 Å². The third-order valence-electron chi connectivity index (χ3n) is 3.72. The summed E-state index contributed by atoms with van der Waals surface area (Å²) in [6.45, 7) is 0. The van der Waals surface area contributed by atoms with Crippen LogP contribution in [-0.4, -0.2) is 30.1 Å². The molecule has 0 bridgehead atoms. The summed E-state index contributed by atoms with van der Waals surface area (Å²) in [6.07, 6.45) is 7.72. The van der Waals surface area contributed by atoms with Crippen LogP contribution >= 0.6 is 0 Å². The molecule has 3 aromatic rings. The van der Waals surface area contributed by atoms with Crippen molar-refractivity contribution in [2.75, 3.05) is 19.5 Å². The van der Waals surface area contributed by atoms with E-state index in [0.717, 1.165) is 5.56 Å². The molecule has 7 nitrogen and oxygen atoms in total. The largest absolute Gasteiger partial charge is 0.497 e. The Labute approximate surface area is 162 Å². The third-order valence-corrected chi connectivity index (χ3v) is 3.72. The minimum Gasteiger partial charge on any atom is -0.497 e. The fourth-order valence-electron chi connectivity index (χ4n) is 2.40. The van der Waals surface area contributed by atoms with Crippen LogP contribution in [0.3, 0.4) is 0 Å². The van der Waals surface area contributed by atoms with Crippen LogP contribution in [0.4, 0.5) is 5.69 Å². The van der Waals surface area contributed by atoms with Crippen LogP contribution in [-0.2, 0) is 4.79 Å². The van der Waals surface area contributed by atoms with Crippen LogP contribution in [0.1, 0.15) is 5.56 Å². The van der Waals surface area contributed by atoms with Gasteiger partial charge in [0.1, 0.15) is 17.2 Å². The molecule has 0 radical (unpaired) electrons. The highest BCUT2D eigenvalue weighted by Crippen LogP contribution is 2.26. The van der Waals surface area contributed by atoms with E-state index in [1.54, 1.807) is 69.1 Å². The summed E-state index contributed by atoms with van der Waals surface area (Å²) < 4.78 is 16.1. The summed E-state index contributed by atoms with van der Waals surface area (Å²) in [5.41, 5.74) is 1.36. The van der Waals surface area contributed by atoms with Gasteiger partial charge in [-0.15, -0.1) is 0 Å². The molecule has 0 unspecified atom stereocenters. The topological polar surface area (TPSA) is 82.6 Å². The van der Waals surface area contributed by atoms with Gasteiger partial charge in [0.15, 0.2) is 0 Å². The highest BCUT2D eigenvalue weighted by Gasteiger charge is 2.05. The lowest BCUT2D eigenvalue weighted by molar-refractivity contribution is -0.111. The van der Waals surface area contributed by atoms with Gasteiger partial charge < -0.3 is 19.5 Å². The maximum atomic E-state index is 12.3. The first-order valence-electron chi connectivity index (χ1n) is 8.43. The van der Waals surface area contributed by atoms with Crippen molar-refractivity contribution in [1.29, 1.82) is 0 Å². The number of methoxy groups -OCH3 is 2. The van der Waals surface area contributed by atoms with Crippen molar-refractivity contribution < 1.29 is 19.0 Å². The lowest BCUT2D eigenvalue weighted by atomic mass is 10.1. The Balaban J connectivity index is 1.66. The average Bonchev–Trinajstić information content (AvgIpc) is 2.73. The first kappa shape index (κ1) is 18.9. The molecule has 1 N–H and O–H groups in total. The van der Waals surface area contributed by atoms with E-state index in [0.29, 0.717) is 28.8 Å². The average molecular weight is 377 g/mol. The molecule has 3 rings (SSSR count). The van der Waals surface area contributed by atoms with E-state index in [9.17, 15) is 4.79 Å². The molecule has 0 fully saturated rings. The summed E-state index contributed by atoms with van der Waals surface area (Å²) in [7, 11) is 3.15. The van der Waals surface area contributed by atoms with Crippen LogP contribution in [0.5, 0.6) is 23.1 Å². The number of nitrogens with zero attached hydrogens (tertiary/aromatic N) is 2. The number of nitrogens with one attached hydrogen (secondary N) is 1. The zero-order chi connectivity index (χ0) is 19.8. The van der Waals surface area contributed by atoms with E-state index in [-0.39, 0.29) is 5.91 Å². The van der Waals surface area contributed by atoms with E-state index in [2.05, 4.69) is 15.3 Å². The first-order chi connectivity index (χ1) is 13.7. The molecule has 1 aromatic heterocycles. The van der Waals surface area contributed by atoms with Gasteiger partial charge in [-0.25, -0.2) is 4.98 Å². The molecule has 0 aliphatic carbocycles. The summed E-state index contributed by atoms with van der Waals surface area (Å²) in [5, 5.41) is 2.79. The molecule has 1 amide bonds. The number of hydrogen-bond acceptors (Lipinski definition) is 6. The molecular weight excluding hydrogens is 358 g/mol. The van der Waals surface area contributed by atoms with Crippen molar-refractivity contribution in [3.05, 3.63) is 72.7 Å². The number of carbonyl (C=O) groups excluding carboxylic acids is 1. The van der Waals surface area contributed by atoms with Crippen molar-refractivity contribution in [3.8, 4) is 23.1 Å². The zero-order valence-corrected chi connectivity index (χ0v) is 15.5. The Kier molecular flexibility index (Phi) is 6.20. The lowest BCUT2D eigenvalue weighted by Crippen LogP contribution is -2.07. The highest BCUT2D eigenvalue weighted by atomic mass is 16.5. The molecule has 0 aliphatic heterocycles. The van der Waals surface area contributed by atoms with Gasteiger partial charge >= 0.3 is 0 Å². The van der Waals surface area contributed by atoms with Gasteiger partial charge in [0.05, 0.1) is 20.4 Å². The summed E-state index contributed by atoms with van der Waals surface area (Å²) in [4.78, 5) is 20.2. The number of hydrogen-bond donors (Lipinski definition) is 1. The van der Waals surface area contributed by atoms with E-state index in [4.69, 9.17) is 14.2 Å². The van der Waals surface area contributed by atoms with Crippen LogP contribution in [0.2, 0.25) is 0 Å². The predicted octanol–water partition coefficient (Wildman–Crippen LogP) is 3.94. The van der Waals surface area contributed by atoms with E-state index >= 15 is 0 Å². The molecular formula is C21H19N3O4. The molecule has 0 saturated heterocycles. The number of carbonyl (C=O) groups is 1. The Morgan fingerprint density at radius 1 is 1.04 bits per heavy atom. The Hall–Kier alpha value is -3.87. The fraction of sp³-hybridized carbons (Fsp3) is 0.0952. The predicted molar refractivity (Wildman–Crippen MR) is 106 cm³/mol. The van der Waals surface area contributed by atoms with Gasteiger partial charge in [-0.2, -0.15) is 0 Å². The maximum Gasteiger partial charge on any atom is 0.248 e.